The lowest BCUT2D eigenvalue weighted by atomic mass is 9.78. The molecule has 33 heavy (non-hydrogen) atoms. The van der Waals surface area contributed by atoms with Gasteiger partial charge in [-0.25, -0.2) is 4.99 Å². The first kappa shape index (κ1) is 21.2. The van der Waals surface area contributed by atoms with Crippen LogP contribution in [0.25, 0.3) is 0 Å². The Labute approximate surface area is 193 Å². The van der Waals surface area contributed by atoms with Gasteiger partial charge in [-0.3, -0.25) is 4.79 Å². The van der Waals surface area contributed by atoms with Crippen LogP contribution in [-0.2, 0) is 16.0 Å². The van der Waals surface area contributed by atoms with E-state index in [0.717, 1.165) is 22.4 Å². The molecule has 5 rings (SSSR count). The molecular formula is C27H26N2O4. The Morgan fingerprint density at radius 3 is 2.52 bits per heavy atom. The van der Waals surface area contributed by atoms with Gasteiger partial charge in [-0.15, -0.1) is 0 Å². The van der Waals surface area contributed by atoms with Gasteiger partial charge in [-0.2, -0.15) is 0 Å². The lowest BCUT2D eigenvalue weighted by Gasteiger charge is -2.40. The van der Waals surface area contributed by atoms with Crippen molar-refractivity contribution in [1.82, 2.24) is 0 Å². The van der Waals surface area contributed by atoms with Crippen LogP contribution < -0.4 is 9.64 Å². The molecule has 2 aliphatic heterocycles. The number of hydrogen-bond acceptors (Lipinski definition) is 5. The van der Waals surface area contributed by atoms with Crippen molar-refractivity contribution in [3.63, 3.8) is 0 Å². The molecule has 6 heteroatoms. The Balaban J connectivity index is 1.54. The predicted octanol–water partition coefficient (Wildman–Crippen LogP) is 3.92. The minimum absolute atomic E-state index is 0.0750. The molecular weight excluding hydrogens is 416 g/mol. The van der Waals surface area contributed by atoms with Crippen molar-refractivity contribution in [3.05, 3.63) is 95.6 Å². The van der Waals surface area contributed by atoms with Gasteiger partial charge in [0.1, 0.15) is 5.75 Å². The monoisotopic (exact) mass is 442 g/mol. The summed E-state index contributed by atoms with van der Waals surface area (Å²) in [5, 5.41) is 8.93. The van der Waals surface area contributed by atoms with E-state index in [1.54, 1.807) is 11.9 Å². The number of hydrogen-bond donors (Lipinski definition) is 1. The number of likely N-dealkylation sites (N-methyl/N-ethyl adjacent to an activating group) is 1. The number of rotatable bonds is 7. The zero-order valence-electron chi connectivity index (χ0n) is 18.5. The fourth-order valence-corrected chi connectivity index (χ4v) is 4.57. The molecule has 3 aromatic carbocycles. The standard InChI is InChI=1S/C27H26N2O4/c1-29-23-11-6-5-10-22(23)24-27(26(29)31,18-19-8-3-2-4-9-19)28-25(33-24)20-12-14-21(15-13-20)32-17-7-16-30/h2-6,8-15,24,30H,7,16-18H2,1H3/t24-,27-/m1/s1. The first-order valence-electron chi connectivity index (χ1n) is 11.1. The topological polar surface area (TPSA) is 71.4 Å². The zero-order chi connectivity index (χ0) is 22.8. The van der Waals surface area contributed by atoms with E-state index in [0.29, 0.717) is 31.1 Å². The van der Waals surface area contributed by atoms with Crippen LogP contribution in [0.1, 0.15) is 29.2 Å². The number of para-hydroxylation sites is 1. The van der Waals surface area contributed by atoms with E-state index in [1.807, 2.05) is 78.9 Å². The summed E-state index contributed by atoms with van der Waals surface area (Å²) in [5.41, 5.74) is 2.55. The second-order valence-electron chi connectivity index (χ2n) is 8.37. The van der Waals surface area contributed by atoms with Crippen LogP contribution in [0.3, 0.4) is 0 Å². The molecule has 2 aliphatic rings. The second kappa shape index (κ2) is 8.71. The third-order valence-electron chi connectivity index (χ3n) is 6.21. The van der Waals surface area contributed by atoms with Crippen molar-refractivity contribution >= 4 is 17.5 Å². The van der Waals surface area contributed by atoms with Crippen LogP contribution in [0.5, 0.6) is 5.75 Å². The highest BCUT2D eigenvalue weighted by Gasteiger charge is 2.58. The molecule has 0 radical (unpaired) electrons. The summed E-state index contributed by atoms with van der Waals surface area (Å²) in [7, 11) is 1.80. The number of benzene rings is 3. The van der Waals surface area contributed by atoms with Gasteiger partial charge in [0.25, 0.3) is 5.91 Å². The number of amides is 1. The van der Waals surface area contributed by atoms with E-state index >= 15 is 0 Å². The number of aliphatic hydroxyl groups is 1. The van der Waals surface area contributed by atoms with E-state index in [9.17, 15) is 4.79 Å². The highest BCUT2D eigenvalue weighted by Crippen LogP contribution is 2.49. The van der Waals surface area contributed by atoms with Crippen molar-refractivity contribution in [2.75, 3.05) is 25.2 Å². The van der Waals surface area contributed by atoms with Gasteiger partial charge in [-0.05, 0) is 35.9 Å². The maximum Gasteiger partial charge on any atom is 0.259 e. The summed E-state index contributed by atoms with van der Waals surface area (Å²) in [6.07, 6.45) is 0.520. The molecule has 0 saturated carbocycles. The number of nitrogens with zero attached hydrogens (tertiary/aromatic N) is 2. The fourth-order valence-electron chi connectivity index (χ4n) is 4.57. The largest absolute Gasteiger partial charge is 0.494 e. The van der Waals surface area contributed by atoms with Crippen molar-refractivity contribution in [2.45, 2.75) is 24.5 Å². The van der Waals surface area contributed by atoms with Gasteiger partial charge < -0.3 is 19.5 Å². The average molecular weight is 443 g/mol. The van der Waals surface area contributed by atoms with Crippen LogP contribution in [-0.4, -0.2) is 42.7 Å². The van der Waals surface area contributed by atoms with Crippen molar-refractivity contribution in [1.29, 1.82) is 0 Å². The van der Waals surface area contributed by atoms with Crippen LogP contribution >= 0.6 is 0 Å². The first-order chi connectivity index (χ1) is 16.1. The summed E-state index contributed by atoms with van der Waals surface area (Å²) in [4.78, 5) is 20.4. The highest BCUT2D eigenvalue weighted by atomic mass is 16.5. The van der Waals surface area contributed by atoms with Crippen molar-refractivity contribution in [2.24, 2.45) is 4.99 Å². The van der Waals surface area contributed by atoms with Crippen LogP contribution in [0.4, 0.5) is 5.69 Å². The van der Waals surface area contributed by atoms with Crippen LogP contribution in [0.2, 0.25) is 0 Å². The molecule has 2 atom stereocenters. The normalized spacial score (nSPS) is 21.2. The van der Waals surface area contributed by atoms with Gasteiger partial charge in [0.2, 0.25) is 5.90 Å². The lowest BCUT2D eigenvalue weighted by Crippen LogP contribution is -2.54. The van der Waals surface area contributed by atoms with Crippen LogP contribution in [0, 0.1) is 0 Å². The molecule has 1 amide bonds. The van der Waals surface area contributed by atoms with Gasteiger partial charge in [-0.1, -0.05) is 48.5 Å². The highest BCUT2D eigenvalue weighted by molar-refractivity contribution is 6.08. The average Bonchev–Trinajstić information content (AvgIpc) is 3.24. The fraction of sp³-hybridized carbons (Fsp3) is 0.259. The summed E-state index contributed by atoms with van der Waals surface area (Å²) in [5.74, 6) is 1.09. The molecule has 0 bridgehead atoms. The summed E-state index contributed by atoms with van der Waals surface area (Å²) in [6.45, 7) is 0.546. The predicted molar refractivity (Wildman–Crippen MR) is 127 cm³/mol. The number of aliphatic imine (C=N–C) groups is 1. The molecule has 0 aromatic heterocycles. The molecule has 3 aromatic rings. The Kier molecular flexibility index (Phi) is 5.60. The third-order valence-corrected chi connectivity index (χ3v) is 6.21. The summed E-state index contributed by atoms with van der Waals surface area (Å²) < 4.78 is 12.1. The molecule has 6 nitrogen and oxygen atoms in total. The molecule has 0 aliphatic carbocycles. The molecule has 2 heterocycles. The molecule has 0 fully saturated rings. The van der Waals surface area contributed by atoms with E-state index in [4.69, 9.17) is 19.6 Å². The number of carbonyl (C=O) groups is 1. The number of ether oxygens (including phenoxy) is 2. The summed E-state index contributed by atoms with van der Waals surface area (Å²) in [6, 6.07) is 25.3. The quantitative estimate of drug-likeness (QED) is 0.563. The smallest absolute Gasteiger partial charge is 0.259 e. The number of fused-ring (bicyclic) bond motifs is 3. The van der Waals surface area contributed by atoms with Crippen molar-refractivity contribution in [3.8, 4) is 5.75 Å². The Bertz CT molecular complexity index is 1180. The number of carbonyl (C=O) groups excluding carboxylic acids is 1. The molecule has 0 spiro atoms. The van der Waals surface area contributed by atoms with Crippen LogP contribution in [0.15, 0.2) is 83.9 Å². The lowest BCUT2D eigenvalue weighted by molar-refractivity contribution is -0.126. The molecule has 0 unspecified atom stereocenters. The van der Waals surface area contributed by atoms with E-state index in [-0.39, 0.29) is 12.5 Å². The van der Waals surface area contributed by atoms with E-state index < -0.39 is 11.6 Å². The molecule has 0 saturated heterocycles. The Hall–Kier alpha value is -3.64. The molecule has 168 valence electrons. The second-order valence-corrected chi connectivity index (χ2v) is 8.37. The third kappa shape index (κ3) is 3.76. The Morgan fingerprint density at radius 1 is 1.03 bits per heavy atom. The van der Waals surface area contributed by atoms with Gasteiger partial charge in [0.15, 0.2) is 11.6 Å². The first-order valence-corrected chi connectivity index (χ1v) is 11.1. The van der Waals surface area contributed by atoms with Gasteiger partial charge >= 0.3 is 0 Å². The number of aliphatic hydroxyl groups excluding tert-OH is 1. The van der Waals surface area contributed by atoms with E-state index in [1.165, 1.54) is 0 Å². The zero-order valence-corrected chi connectivity index (χ0v) is 18.5. The minimum Gasteiger partial charge on any atom is -0.494 e. The minimum atomic E-state index is -1.07. The maximum absolute atomic E-state index is 13.8. The van der Waals surface area contributed by atoms with Crippen molar-refractivity contribution < 1.29 is 19.4 Å². The molecule has 1 N–H and O–H groups in total. The Morgan fingerprint density at radius 2 is 1.76 bits per heavy atom. The van der Waals surface area contributed by atoms with Gasteiger partial charge in [0, 0.05) is 37.6 Å². The summed E-state index contributed by atoms with van der Waals surface area (Å²) >= 11 is 0. The number of anilines is 1. The van der Waals surface area contributed by atoms with E-state index in [2.05, 4.69) is 0 Å². The maximum atomic E-state index is 13.8. The van der Waals surface area contributed by atoms with Gasteiger partial charge in [0.05, 0.1) is 12.3 Å². The SMILES string of the molecule is CN1C(=O)[C@]2(Cc3ccccc3)N=C(c3ccc(OCCCO)cc3)O[C@@H]2c2ccccc21.